The molecule has 0 bridgehead atoms. The molecule has 0 radical (unpaired) electrons. The predicted molar refractivity (Wildman–Crippen MR) is 36.3 cm³/mol. The smallest absolute Gasteiger partial charge is 0.0636 e. The zero-order valence-electron chi connectivity index (χ0n) is 5.72. The lowest BCUT2D eigenvalue weighted by molar-refractivity contribution is 0.180. The second kappa shape index (κ2) is 3.15. The van der Waals surface area contributed by atoms with E-state index in [0.717, 1.165) is 13.1 Å². The first-order valence-electron chi connectivity index (χ1n) is 3.41. The van der Waals surface area contributed by atoms with Gasteiger partial charge in [0.05, 0.1) is 6.10 Å². The molecule has 1 saturated heterocycles. The van der Waals surface area contributed by atoms with Gasteiger partial charge in [-0.2, -0.15) is 0 Å². The maximum Gasteiger partial charge on any atom is 0.0636 e. The van der Waals surface area contributed by atoms with Crippen LogP contribution in [0, 0.1) is 0 Å². The summed E-state index contributed by atoms with van der Waals surface area (Å²) < 4.78 is 0. The van der Waals surface area contributed by atoms with Crippen molar-refractivity contribution in [3.63, 3.8) is 0 Å². The molecule has 0 aliphatic carbocycles. The third-order valence-electron chi connectivity index (χ3n) is 1.48. The van der Waals surface area contributed by atoms with Gasteiger partial charge in [0.25, 0.3) is 0 Å². The first-order chi connectivity index (χ1) is 4.29. The van der Waals surface area contributed by atoms with Crippen LogP contribution in [0.3, 0.4) is 0 Å². The minimum absolute atomic E-state index is 0.217. The van der Waals surface area contributed by atoms with Gasteiger partial charge in [-0.15, -0.1) is 0 Å². The van der Waals surface area contributed by atoms with Gasteiger partial charge < -0.3 is 15.7 Å². The molecule has 0 aromatic rings. The van der Waals surface area contributed by atoms with Crippen LogP contribution in [0.5, 0.6) is 0 Å². The molecule has 0 spiro atoms. The van der Waals surface area contributed by atoms with Crippen molar-refractivity contribution in [2.75, 3.05) is 19.6 Å². The lowest BCUT2D eigenvalue weighted by atomic mass is 10.2. The van der Waals surface area contributed by atoms with Crippen molar-refractivity contribution in [3.05, 3.63) is 0 Å². The van der Waals surface area contributed by atoms with E-state index >= 15 is 0 Å². The van der Waals surface area contributed by atoms with E-state index in [1.807, 2.05) is 0 Å². The van der Waals surface area contributed by atoms with Crippen LogP contribution >= 0.6 is 0 Å². The van der Waals surface area contributed by atoms with Gasteiger partial charge in [0.2, 0.25) is 0 Å². The lowest BCUT2D eigenvalue weighted by Gasteiger charge is -2.28. The number of hydrogen-bond acceptors (Lipinski definition) is 3. The van der Waals surface area contributed by atoms with Gasteiger partial charge >= 0.3 is 0 Å². The van der Waals surface area contributed by atoms with Crippen LogP contribution in [0.2, 0.25) is 0 Å². The van der Waals surface area contributed by atoms with Crippen LogP contribution in [-0.2, 0) is 0 Å². The third kappa shape index (κ3) is 2.30. The average Bonchev–Trinajstić information content (AvgIpc) is 1.60. The summed E-state index contributed by atoms with van der Waals surface area (Å²) in [6.07, 6.45) is -0.217. The third-order valence-corrected chi connectivity index (χ3v) is 1.48. The van der Waals surface area contributed by atoms with Gasteiger partial charge in [-0.25, -0.2) is 0 Å². The number of aliphatic hydroxyl groups excluding tert-OH is 1. The van der Waals surface area contributed by atoms with Crippen LogP contribution in [0.1, 0.15) is 6.92 Å². The van der Waals surface area contributed by atoms with Crippen LogP contribution in [0.15, 0.2) is 0 Å². The Labute approximate surface area is 55.5 Å². The topological polar surface area (TPSA) is 44.3 Å². The fraction of sp³-hybridized carbons (Fsp3) is 1.00. The quantitative estimate of drug-likeness (QED) is 0.456. The Bertz CT molecular complexity index is 81.1. The average molecular weight is 130 g/mol. The Morgan fingerprint density at radius 3 is 2.78 bits per heavy atom. The number of nitrogens with one attached hydrogen (secondary N) is 2. The monoisotopic (exact) mass is 130 g/mol. The van der Waals surface area contributed by atoms with E-state index in [4.69, 9.17) is 5.11 Å². The molecule has 0 saturated carbocycles. The molecule has 3 heteroatoms. The van der Waals surface area contributed by atoms with E-state index < -0.39 is 0 Å². The summed E-state index contributed by atoms with van der Waals surface area (Å²) in [5, 5.41) is 15.2. The second-order valence-corrected chi connectivity index (χ2v) is 2.61. The van der Waals surface area contributed by atoms with Crippen molar-refractivity contribution in [1.29, 1.82) is 0 Å². The Kier molecular flexibility index (Phi) is 2.45. The summed E-state index contributed by atoms with van der Waals surface area (Å²) in [7, 11) is 0. The Hall–Kier alpha value is -0.120. The molecule has 9 heavy (non-hydrogen) atoms. The van der Waals surface area contributed by atoms with Crippen molar-refractivity contribution in [1.82, 2.24) is 10.6 Å². The predicted octanol–water partition coefficient (Wildman–Crippen LogP) is -1.07. The van der Waals surface area contributed by atoms with Crippen molar-refractivity contribution >= 4 is 0 Å². The van der Waals surface area contributed by atoms with E-state index in [-0.39, 0.29) is 6.10 Å². The molecule has 0 amide bonds. The van der Waals surface area contributed by atoms with Crippen LogP contribution < -0.4 is 10.6 Å². The fourth-order valence-electron chi connectivity index (χ4n) is 0.770. The number of rotatable bonds is 3. The Morgan fingerprint density at radius 1 is 1.78 bits per heavy atom. The van der Waals surface area contributed by atoms with Crippen LogP contribution in [-0.4, -0.2) is 36.9 Å². The van der Waals surface area contributed by atoms with Gasteiger partial charge in [-0.05, 0) is 6.92 Å². The largest absolute Gasteiger partial charge is 0.392 e. The minimum atomic E-state index is -0.217. The molecule has 1 aliphatic heterocycles. The minimum Gasteiger partial charge on any atom is -0.392 e. The molecular weight excluding hydrogens is 116 g/mol. The lowest BCUT2D eigenvalue weighted by Crippen LogP contribution is -2.56. The summed E-state index contributed by atoms with van der Waals surface area (Å²) in [4.78, 5) is 0. The highest BCUT2D eigenvalue weighted by atomic mass is 16.3. The normalized spacial score (nSPS) is 23.3. The summed E-state index contributed by atoms with van der Waals surface area (Å²) >= 11 is 0. The van der Waals surface area contributed by atoms with Gasteiger partial charge in [0.1, 0.15) is 0 Å². The molecule has 3 N–H and O–H groups in total. The van der Waals surface area contributed by atoms with Gasteiger partial charge in [0.15, 0.2) is 0 Å². The number of aliphatic hydroxyl groups is 1. The van der Waals surface area contributed by atoms with Crippen molar-refractivity contribution in [2.24, 2.45) is 0 Å². The van der Waals surface area contributed by atoms with Crippen LogP contribution in [0.25, 0.3) is 0 Å². The zero-order valence-corrected chi connectivity index (χ0v) is 5.72. The van der Waals surface area contributed by atoms with E-state index in [0.29, 0.717) is 12.6 Å². The maximum absolute atomic E-state index is 8.84. The standard InChI is InChI=1S/C6H14N2O/c1-5(9)2-8-6-3-7-4-6/h5-9H,2-4H2,1H3/t5-/m1/s1. The number of hydrogen-bond donors (Lipinski definition) is 3. The van der Waals surface area contributed by atoms with E-state index in [2.05, 4.69) is 10.6 Å². The summed E-state index contributed by atoms with van der Waals surface area (Å²) in [5.41, 5.74) is 0. The van der Waals surface area contributed by atoms with E-state index in [1.165, 1.54) is 0 Å². The fourth-order valence-corrected chi connectivity index (χ4v) is 0.770. The molecule has 0 unspecified atom stereocenters. The molecule has 1 atom stereocenters. The van der Waals surface area contributed by atoms with Crippen molar-refractivity contribution in [2.45, 2.75) is 19.1 Å². The molecule has 1 heterocycles. The van der Waals surface area contributed by atoms with Gasteiger partial charge in [-0.3, -0.25) is 0 Å². The molecular formula is C6H14N2O. The molecule has 1 rings (SSSR count). The highest BCUT2D eigenvalue weighted by Gasteiger charge is 2.15. The first kappa shape index (κ1) is 6.99. The Balaban J connectivity index is 1.91. The van der Waals surface area contributed by atoms with Gasteiger partial charge in [0, 0.05) is 25.7 Å². The van der Waals surface area contributed by atoms with E-state index in [1.54, 1.807) is 6.92 Å². The first-order valence-corrected chi connectivity index (χ1v) is 3.41. The molecule has 54 valence electrons. The van der Waals surface area contributed by atoms with Crippen LogP contribution in [0.4, 0.5) is 0 Å². The van der Waals surface area contributed by atoms with Crippen molar-refractivity contribution in [3.8, 4) is 0 Å². The molecule has 0 aromatic heterocycles. The Morgan fingerprint density at radius 2 is 2.44 bits per heavy atom. The maximum atomic E-state index is 8.84. The summed E-state index contributed by atoms with van der Waals surface area (Å²) in [6.45, 7) is 4.60. The molecule has 0 aromatic carbocycles. The SMILES string of the molecule is C[C@@H](O)CNC1CNC1. The zero-order chi connectivity index (χ0) is 6.69. The second-order valence-electron chi connectivity index (χ2n) is 2.61. The summed E-state index contributed by atoms with van der Waals surface area (Å²) in [6, 6.07) is 0.597. The highest BCUT2D eigenvalue weighted by molar-refractivity contribution is 4.81. The van der Waals surface area contributed by atoms with E-state index in [9.17, 15) is 0 Å². The molecule has 3 nitrogen and oxygen atoms in total. The molecule has 1 aliphatic rings. The highest BCUT2D eigenvalue weighted by Crippen LogP contribution is 1.89. The van der Waals surface area contributed by atoms with Crippen molar-refractivity contribution < 1.29 is 5.11 Å². The molecule has 1 fully saturated rings. The van der Waals surface area contributed by atoms with Gasteiger partial charge in [-0.1, -0.05) is 0 Å². The summed E-state index contributed by atoms with van der Waals surface area (Å²) in [5.74, 6) is 0.